The molecule has 4 aliphatic rings. The number of aryl methyl sites for hydroxylation is 1. The number of aromatic amines is 1. The minimum Gasteiger partial charge on any atom is -0.341 e. The number of carbonyl (C=O) groups is 3. The van der Waals surface area contributed by atoms with E-state index >= 15 is 0 Å². The van der Waals surface area contributed by atoms with Crippen LogP contribution in [-0.4, -0.2) is 118 Å². The Labute approximate surface area is 282 Å². The number of fused-ring (bicyclic) bond motifs is 2. The van der Waals surface area contributed by atoms with Crippen LogP contribution in [0.15, 0.2) is 36.4 Å². The van der Waals surface area contributed by atoms with E-state index in [-0.39, 0.29) is 24.0 Å². The van der Waals surface area contributed by atoms with Crippen LogP contribution in [-0.2, 0) is 17.6 Å². The van der Waals surface area contributed by atoms with E-state index in [2.05, 4.69) is 50.1 Å². The number of rotatable bonds is 6. The molecule has 1 atom stereocenters. The van der Waals surface area contributed by atoms with Crippen molar-refractivity contribution in [1.29, 1.82) is 0 Å². The van der Waals surface area contributed by atoms with E-state index in [1.165, 1.54) is 12.8 Å². The molecular formula is C36H49N9O3. The van der Waals surface area contributed by atoms with Gasteiger partial charge in [-0.15, -0.1) is 5.10 Å². The van der Waals surface area contributed by atoms with Crippen LogP contribution in [0.25, 0.3) is 11.0 Å². The zero-order valence-corrected chi connectivity index (χ0v) is 28.3. The van der Waals surface area contributed by atoms with Gasteiger partial charge in [-0.2, -0.15) is 0 Å². The molecule has 3 saturated heterocycles. The number of amides is 5. The van der Waals surface area contributed by atoms with Gasteiger partial charge >= 0.3 is 12.1 Å². The minimum absolute atomic E-state index is 0.0150. The average Bonchev–Trinajstić information content (AvgIpc) is 3.52. The fourth-order valence-electron chi connectivity index (χ4n) is 8.42. The Morgan fingerprint density at radius 3 is 2.35 bits per heavy atom. The van der Waals surface area contributed by atoms with E-state index in [4.69, 9.17) is 0 Å². The number of para-hydroxylation sites is 1. The lowest BCUT2D eigenvalue weighted by Crippen LogP contribution is -2.57. The van der Waals surface area contributed by atoms with E-state index < -0.39 is 6.04 Å². The van der Waals surface area contributed by atoms with E-state index in [9.17, 15) is 14.4 Å². The van der Waals surface area contributed by atoms with Gasteiger partial charge < -0.3 is 30.2 Å². The van der Waals surface area contributed by atoms with E-state index in [1.807, 2.05) is 41.0 Å². The van der Waals surface area contributed by atoms with Crippen molar-refractivity contribution in [3.05, 3.63) is 53.1 Å². The predicted molar refractivity (Wildman–Crippen MR) is 185 cm³/mol. The fraction of sp³-hybridized carbons (Fsp3) is 0.583. The monoisotopic (exact) mass is 655 g/mol. The quantitative estimate of drug-likeness (QED) is 0.368. The largest absolute Gasteiger partial charge is 0.341 e. The molecule has 12 nitrogen and oxygen atoms in total. The number of carbonyl (C=O) groups excluding carboxylic acids is 3. The number of likely N-dealkylation sites (tertiary alicyclic amines) is 3. The first-order chi connectivity index (χ1) is 23.3. The molecule has 48 heavy (non-hydrogen) atoms. The van der Waals surface area contributed by atoms with Crippen molar-refractivity contribution in [3.63, 3.8) is 0 Å². The third-order valence-corrected chi connectivity index (χ3v) is 11.3. The second-order valence-electron chi connectivity index (χ2n) is 14.4. The van der Waals surface area contributed by atoms with Crippen molar-refractivity contribution in [1.82, 2.24) is 40.3 Å². The number of nitrogens with zero attached hydrogens (tertiary/aromatic N) is 6. The molecule has 4 aliphatic heterocycles. The van der Waals surface area contributed by atoms with Crippen molar-refractivity contribution in [2.24, 2.45) is 11.8 Å². The van der Waals surface area contributed by atoms with Crippen molar-refractivity contribution in [3.8, 4) is 0 Å². The van der Waals surface area contributed by atoms with Gasteiger partial charge in [0.25, 0.3) is 0 Å². The Hall–Kier alpha value is -4.19. The Morgan fingerprint density at radius 2 is 1.60 bits per heavy atom. The lowest BCUT2D eigenvalue weighted by Gasteiger charge is -2.41. The van der Waals surface area contributed by atoms with Crippen LogP contribution in [0.1, 0.15) is 55.2 Å². The maximum Gasteiger partial charge on any atom is 0.322 e. The number of aromatic nitrogens is 3. The first-order valence-electron chi connectivity index (χ1n) is 17.8. The van der Waals surface area contributed by atoms with Crippen LogP contribution >= 0.6 is 0 Å². The highest BCUT2D eigenvalue weighted by Crippen LogP contribution is 2.33. The van der Waals surface area contributed by atoms with Crippen LogP contribution in [0, 0.1) is 18.8 Å². The molecule has 2 aromatic carbocycles. The first kappa shape index (κ1) is 32.4. The summed E-state index contributed by atoms with van der Waals surface area (Å²) in [6.07, 6.45) is 7.10. The molecule has 5 heterocycles. The number of hydrogen-bond donors (Lipinski definition) is 3. The molecule has 1 aromatic heterocycles. The van der Waals surface area contributed by atoms with Crippen molar-refractivity contribution in [2.75, 3.05) is 58.2 Å². The second kappa shape index (κ2) is 14.1. The molecule has 256 valence electrons. The predicted octanol–water partition coefficient (Wildman–Crippen LogP) is 4.02. The third-order valence-electron chi connectivity index (χ3n) is 11.3. The van der Waals surface area contributed by atoms with Crippen molar-refractivity contribution in [2.45, 2.75) is 70.4 Å². The standard InChI is InChI=1S/C36H49N9O3/c1-24-21-25(22-31-33(24)40-41-39-31)23-32(34(46)43-16-9-27(10-17-43)26-7-14-42(2)15-8-26)38-35(47)44-18-12-29(13-19-44)45-20-11-28-5-3-4-6-30(28)37-36(45)48/h3-6,21-22,26-27,29,32H,7-20,23H2,1-2H3,(H,37,48)(H,38,47)(H,39,40,41). The molecule has 3 fully saturated rings. The van der Waals surface area contributed by atoms with Gasteiger partial charge in [0, 0.05) is 50.9 Å². The van der Waals surface area contributed by atoms with Crippen molar-refractivity contribution >= 4 is 34.7 Å². The summed E-state index contributed by atoms with van der Waals surface area (Å²) in [4.78, 5) is 49.2. The zero-order chi connectivity index (χ0) is 33.2. The van der Waals surface area contributed by atoms with Gasteiger partial charge in [0.05, 0.1) is 5.52 Å². The van der Waals surface area contributed by atoms with E-state index in [0.29, 0.717) is 44.8 Å². The summed E-state index contributed by atoms with van der Waals surface area (Å²) in [5.41, 5.74) is 5.61. The summed E-state index contributed by atoms with van der Waals surface area (Å²) in [5, 5.41) is 17.3. The van der Waals surface area contributed by atoms with Gasteiger partial charge in [0.2, 0.25) is 5.91 Å². The lowest BCUT2D eigenvalue weighted by molar-refractivity contribution is -0.135. The molecule has 0 spiro atoms. The number of benzene rings is 2. The molecular weight excluding hydrogens is 606 g/mol. The highest BCUT2D eigenvalue weighted by molar-refractivity contribution is 5.91. The third kappa shape index (κ3) is 6.99. The number of piperidine rings is 3. The van der Waals surface area contributed by atoms with Gasteiger partial charge in [-0.05, 0) is 113 Å². The van der Waals surface area contributed by atoms with Crippen LogP contribution in [0.5, 0.6) is 0 Å². The van der Waals surface area contributed by atoms with Crippen LogP contribution in [0.4, 0.5) is 15.3 Å². The maximum atomic E-state index is 14.2. The number of urea groups is 2. The molecule has 5 amide bonds. The van der Waals surface area contributed by atoms with Crippen LogP contribution in [0.3, 0.4) is 0 Å². The lowest BCUT2D eigenvalue weighted by atomic mass is 9.79. The van der Waals surface area contributed by atoms with Gasteiger partial charge in [-0.3, -0.25) is 9.89 Å². The molecule has 3 N–H and O–H groups in total. The molecule has 0 bridgehead atoms. The fourth-order valence-corrected chi connectivity index (χ4v) is 8.42. The summed E-state index contributed by atoms with van der Waals surface area (Å²) in [5.74, 6) is 1.39. The van der Waals surface area contributed by atoms with Gasteiger partial charge in [-0.1, -0.05) is 29.5 Å². The highest BCUT2D eigenvalue weighted by atomic mass is 16.2. The second-order valence-corrected chi connectivity index (χ2v) is 14.4. The van der Waals surface area contributed by atoms with Gasteiger partial charge in [0.1, 0.15) is 11.6 Å². The number of nitrogens with one attached hydrogen (secondary N) is 3. The Morgan fingerprint density at radius 1 is 0.917 bits per heavy atom. The summed E-state index contributed by atoms with van der Waals surface area (Å²) < 4.78 is 0. The molecule has 7 rings (SSSR count). The SMILES string of the molecule is Cc1cc(CC(NC(=O)N2CCC(N3CCc4ccccc4NC3=O)CC2)C(=O)N2CCC(C3CCN(C)CC3)CC2)cc2nn[nH]c12. The Balaban J connectivity index is 0.996. The summed E-state index contributed by atoms with van der Waals surface area (Å²) >= 11 is 0. The highest BCUT2D eigenvalue weighted by Gasteiger charge is 2.36. The summed E-state index contributed by atoms with van der Waals surface area (Å²) in [6.45, 7) is 7.49. The van der Waals surface area contributed by atoms with Gasteiger partial charge in [-0.25, -0.2) is 9.59 Å². The first-order valence-corrected chi connectivity index (χ1v) is 17.8. The Kier molecular flexibility index (Phi) is 9.52. The molecule has 3 aromatic rings. The molecule has 1 unspecified atom stereocenters. The van der Waals surface area contributed by atoms with E-state index in [0.717, 1.165) is 84.8 Å². The minimum atomic E-state index is -0.686. The molecule has 12 heteroatoms. The van der Waals surface area contributed by atoms with Gasteiger partial charge in [0.15, 0.2) is 0 Å². The van der Waals surface area contributed by atoms with Crippen molar-refractivity contribution < 1.29 is 14.4 Å². The maximum absolute atomic E-state index is 14.2. The molecule has 0 saturated carbocycles. The average molecular weight is 656 g/mol. The topological polar surface area (TPSA) is 130 Å². The number of H-pyrrole nitrogens is 1. The van der Waals surface area contributed by atoms with Crippen LogP contribution in [0.2, 0.25) is 0 Å². The summed E-state index contributed by atoms with van der Waals surface area (Å²) in [7, 11) is 2.20. The zero-order valence-electron chi connectivity index (χ0n) is 28.3. The molecule has 0 radical (unpaired) electrons. The summed E-state index contributed by atoms with van der Waals surface area (Å²) in [6, 6.07) is 11.0. The smallest absolute Gasteiger partial charge is 0.322 e. The normalized spacial score (nSPS) is 21.1. The molecule has 0 aliphatic carbocycles. The van der Waals surface area contributed by atoms with E-state index in [1.54, 1.807) is 4.90 Å². The Bertz CT molecular complexity index is 1620. The van der Waals surface area contributed by atoms with Crippen LogP contribution < -0.4 is 10.6 Å². The number of anilines is 1. The number of hydrogen-bond acceptors (Lipinski definition) is 6.